The first-order valence-corrected chi connectivity index (χ1v) is 7.53. The zero-order chi connectivity index (χ0) is 15.1. The number of pyridine rings is 1. The molecule has 1 aromatic carbocycles. The van der Waals surface area contributed by atoms with E-state index < -0.39 is 0 Å². The van der Waals surface area contributed by atoms with Crippen molar-refractivity contribution in [3.63, 3.8) is 0 Å². The topological polar surface area (TPSA) is 39.8 Å². The van der Waals surface area contributed by atoms with Crippen molar-refractivity contribution in [2.75, 3.05) is 0 Å². The molecular formula is C18H17N3O. The maximum atomic E-state index is 12.2. The molecular weight excluding hydrogens is 274 g/mol. The molecule has 0 saturated carbocycles. The number of aryl methyl sites for hydroxylation is 2. The number of aromatic nitrogens is 3. The average molecular weight is 291 g/mol. The molecule has 4 nitrogen and oxygen atoms in total. The number of rotatable bonds is 2. The van der Waals surface area contributed by atoms with Crippen molar-refractivity contribution in [2.24, 2.45) is 7.05 Å². The maximum absolute atomic E-state index is 12.2. The Bertz CT molecular complexity index is 877. The molecule has 4 rings (SSSR count). The Morgan fingerprint density at radius 3 is 2.77 bits per heavy atom. The van der Waals surface area contributed by atoms with Crippen molar-refractivity contribution in [1.29, 1.82) is 0 Å². The van der Waals surface area contributed by atoms with E-state index >= 15 is 0 Å². The van der Waals surface area contributed by atoms with Crippen LogP contribution in [0.2, 0.25) is 0 Å². The summed E-state index contributed by atoms with van der Waals surface area (Å²) in [6, 6.07) is 14.2. The Morgan fingerprint density at radius 2 is 1.95 bits per heavy atom. The van der Waals surface area contributed by atoms with E-state index in [4.69, 9.17) is 5.10 Å². The lowest BCUT2D eigenvalue weighted by Crippen LogP contribution is -2.21. The van der Waals surface area contributed by atoms with Crippen molar-refractivity contribution >= 4 is 0 Å². The van der Waals surface area contributed by atoms with Crippen molar-refractivity contribution < 1.29 is 0 Å². The Balaban J connectivity index is 1.79. The smallest absolute Gasteiger partial charge is 0.276 e. The first-order valence-electron chi connectivity index (χ1n) is 7.53. The third-order valence-electron chi connectivity index (χ3n) is 4.41. The largest absolute Gasteiger partial charge is 0.317 e. The minimum absolute atomic E-state index is 0.0278. The van der Waals surface area contributed by atoms with Crippen LogP contribution in [0.15, 0.2) is 59.7 Å². The Kier molecular flexibility index (Phi) is 2.96. The molecule has 0 aliphatic heterocycles. The monoisotopic (exact) mass is 291 g/mol. The van der Waals surface area contributed by atoms with Gasteiger partial charge >= 0.3 is 0 Å². The summed E-state index contributed by atoms with van der Waals surface area (Å²) < 4.78 is 3.32. The highest BCUT2D eigenvalue weighted by molar-refractivity contribution is 5.39. The van der Waals surface area contributed by atoms with Crippen LogP contribution in [-0.2, 0) is 13.5 Å². The first-order chi connectivity index (χ1) is 10.7. The molecule has 0 fully saturated rings. The van der Waals surface area contributed by atoms with Crippen molar-refractivity contribution in [1.82, 2.24) is 14.3 Å². The predicted octanol–water partition coefficient (Wildman–Crippen LogP) is 2.65. The van der Waals surface area contributed by atoms with Gasteiger partial charge in [-0.05, 0) is 36.1 Å². The number of fused-ring (bicyclic) bond motifs is 1. The molecule has 1 aliphatic rings. The van der Waals surface area contributed by atoms with Crippen LogP contribution in [0.25, 0.3) is 5.69 Å². The molecule has 2 heterocycles. The molecule has 2 aromatic heterocycles. The number of nitrogens with zero attached hydrogens (tertiary/aromatic N) is 3. The molecule has 3 aromatic rings. The standard InChI is InChI=1S/C18H17N3O/c1-20-11-5-8-16(18(20)22)21-12-14-9-10-15(17(14)19-21)13-6-3-2-4-7-13/h2-8,11-12,15H,9-10H2,1H3. The maximum Gasteiger partial charge on any atom is 0.276 e. The molecule has 0 saturated heterocycles. The minimum atomic E-state index is -0.0278. The number of benzene rings is 1. The van der Waals surface area contributed by atoms with Gasteiger partial charge in [0.25, 0.3) is 5.56 Å². The van der Waals surface area contributed by atoms with E-state index in [0.717, 1.165) is 18.5 Å². The van der Waals surface area contributed by atoms with Gasteiger partial charge in [-0.15, -0.1) is 0 Å². The van der Waals surface area contributed by atoms with E-state index in [9.17, 15) is 4.79 Å². The van der Waals surface area contributed by atoms with Crippen LogP contribution in [0.5, 0.6) is 0 Å². The van der Waals surface area contributed by atoms with Crippen LogP contribution in [0.4, 0.5) is 0 Å². The summed E-state index contributed by atoms with van der Waals surface area (Å²) in [5.74, 6) is 0.338. The van der Waals surface area contributed by atoms with Gasteiger partial charge in [-0.1, -0.05) is 30.3 Å². The Morgan fingerprint density at radius 1 is 1.14 bits per heavy atom. The molecule has 22 heavy (non-hydrogen) atoms. The fourth-order valence-electron chi connectivity index (χ4n) is 3.24. The molecule has 1 unspecified atom stereocenters. The van der Waals surface area contributed by atoms with Crippen LogP contribution in [-0.4, -0.2) is 14.3 Å². The summed E-state index contributed by atoms with van der Waals surface area (Å²) in [4.78, 5) is 12.2. The minimum Gasteiger partial charge on any atom is -0.317 e. The molecule has 0 N–H and O–H groups in total. The summed E-state index contributed by atoms with van der Waals surface area (Å²) in [5.41, 5.74) is 4.23. The van der Waals surface area contributed by atoms with Crippen LogP contribution in [0.1, 0.15) is 29.2 Å². The second-order valence-electron chi connectivity index (χ2n) is 5.80. The highest BCUT2D eigenvalue weighted by atomic mass is 16.1. The van der Waals surface area contributed by atoms with E-state index in [1.807, 2.05) is 24.4 Å². The molecule has 0 spiro atoms. The van der Waals surface area contributed by atoms with Crippen LogP contribution >= 0.6 is 0 Å². The molecule has 4 heteroatoms. The van der Waals surface area contributed by atoms with E-state index in [-0.39, 0.29) is 5.56 Å². The lowest BCUT2D eigenvalue weighted by atomic mass is 9.97. The second-order valence-corrected chi connectivity index (χ2v) is 5.80. The van der Waals surface area contributed by atoms with Crippen molar-refractivity contribution in [3.8, 4) is 5.69 Å². The van der Waals surface area contributed by atoms with Gasteiger partial charge in [0.05, 0.1) is 5.69 Å². The molecule has 110 valence electrons. The van der Waals surface area contributed by atoms with E-state index in [1.54, 1.807) is 22.5 Å². The fourth-order valence-corrected chi connectivity index (χ4v) is 3.24. The van der Waals surface area contributed by atoms with Gasteiger partial charge in [-0.3, -0.25) is 4.79 Å². The van der Waals surface area contributed by atoms with Crippen molar-refractivity contribution in [2.45, 2.75) is 18.8 Å². The predicted molar refractivity (Wildman–Crippen MR) is 85.4 cm³/mol. The van der Waals surface area contributed by atoms with E-state index in [0.29, 0.717) is 11.6 Å². The highest BCUT2D eigenvalue weighted by Gasteiger charge is 2.28. The van der Waals surface area contributed by atoms with Gasteiger partial charge in [-0.25, -0.2) is 4.68 Å². The summed E-state index contributed by atoms with van der Waals surface area (Å²) in [6.07, 6.45) is 5.88. The average Bonchev–Trinajstić information content (AvgIpc) is 3.11. The molecule has 1 aliphatic carbocycles. The zero-order valence-corrected chi connectivity index (χ0v) is 12.4. The highest BCUT2D eigenvalue weighted by Crippen LogP contribution is 2.37. The number of hydrogen-bond acceptors (Lipinski definition) is 2. The van der Waals surface area contributed by atoms with Crippen molar-refractivity contribution in [3.05, 3.63) is 82.0 Å². The van der Waals surface area contributed by atoms with Crippen LogP contribution in [0.3, 0.4) is 0 Å². The SMILES string of the molecule is Cn1cccc(-n2cc3c(n2)C(c2ccccc2)CC3)c1=O. The lowest BCUT2D eigenvalue weighted by Gasteiger charge is -2.10. The molecule has 1 atom stereocenters. The van der Waals surface area contributed by atoms with Gasteiger partial charge in [0.15, 0.2) is 0 Å². The van der Waals surface area contributed by atoms with E-state index in [2.05, 4.69) is 24.3 Å². The van der Waals surface area contributed by atoms with Crippen LogP contribution < -0.4 is 5.56 Å². The Labute approximate surface area is 128 Å². The van der Waals surface area contributed by atoms with Gasteiger partial charge in [0.2, 0.25) is 0 Å². The lowest BCUT2D eigenvalue weighted by molar-refractivity contribution is 0.717. The van der Waals surface area contributed by atoms with Gasteiger partial charge in [-0.2, -0.15) is 5.10 Å². The fraction of sp³-hybridized carbons (Fsp3) is 0.222. The summed E-state index contributed by atoms with van der Waals surface area (Å²) in [6.45, 7) is 0. The van der Waals surface area contributed by atoms with E-state index in [1.165, 1.54) is 11.1 Å². The summed E-state index contributed by atoms with van der Waals surface area (Å²) >= 11 is 0. The third-order valence-corrected chi connectivity index (χ3v) is 4.41. The van der Waals surface area contributed by atoms with Gasteiger partial charge in [0.1, 0.15) is 5.69 Å². The van der Waals surface area contributed by atoms with Crippen LogP contribution in [0, 0.1) is 0 Å². The molecule has 0 bridgehead atoms. The zero-order valence-electron chi connectivity index (χ0n) is 12.4. The van der Waals surface area contributed by atoms with Gasteiger partial charge < -0.3 is 4.57 Å². The van der Waals surface area contributed by atoms with Gasteiger partial charge in [0, 0.05) is 25.4 Å². The quantitative estimate of drug-likeness (QED) is 0.728. The normalized spacial score (nSPS) is 16.7. The number of hydrogen-bond donors (Lipinski definition) is 0. The Hall–Kier alpha value is -2.62. The molecule has 0 amide bonds. The second kappa shape index (κ2) is 4.98. The first kappa shape index (κ1) is 13.1. The molecule has 0 radical (unpaired) electrons. The third kappa shape index (κ3) is 1.99. The summed E-state index contributed by atoms with van der Waals surface area (Å²) in [7, 11) is 1.76. The summed E-state index contributed by atoms with van der Waals surface area (Å²) in [5, 5.41) is 4.72.